The number of aryl methyl sites for hydroxylation is 1. The molecule has 1 aromatic rings. The number of hydrogen-bond donors (Lipinski definition) is 2. The van der Waals surface area contributed by atoms with E-state index >= 15 is 0 Å². The zero-order chi connectivity index (χ0) is 11.3. The number of carbonyl (C=O) groups excluding carboxylic acids is 2. The van der Waals surface area contributed by atoms with Gasteiger partial charge in [-0.2, -0.15) is 0 Å². The predicted molar refractivity (Wildman–Crippen MR) is 57.1 cm³/mol. The molecule has 2 amide bonds. The van der Waals surface area contributed by atoms with Crippen molar-refractivity contribution in [3.8, 4) is 0 Å². The number of carbonyl (C=O) groups is 2. The quantitative estimate of drug-likeness (QED) is 0.735. The van der Waals surface area contributed by atoms with Gasteiger partial charge in [-0.3, -0.25) is 9.59 Å². The van der Waals surface area contributed by atoms with Crippen LogP contribution in [-0.4, -0.2) is 18.4 Å². The summed E-state index contributed by atoms with van der Waals surface area (Å²) in [6.45, 7) is 1.86. The fraction of sp³-hybridized carbons (Fsp3) is 0.273. The van der Waals surface area contributed by atoms with E-state index < -0.39 is 5.91 Å². The summed E-state index contributed by atoms with van der Waals surface area (Å²) < 4.78 is 0. The van der Waals surface area contributed by atoms with Crippen LogP contribution in [0.5, 0.6) is 0 Å². The van der Waals surface area contributed by atoms with Crippen molar-refractivity contribution in [1.82, 2.24) is 5.32 Å². The summed E-state index contributed by atoms with van der Waals surface area (Å²) in [5.74, 6) is -0.730. The molecule has 0 spiro atoms. The Morgan fingerprint density at radius 1 is 1.40 bits per heavy atom. The Labute approximate surface area is 88.5 Å². The summed E-state index contributed by atoms with van der Waals surface area (Å²) in [6, 6.07) is 7.66. The minimum Gasteiger partial charge on any atom is -0.368 e. The van der Waals surface area contributed by atoms with Gasteiger partial charge in [-0.15, -0.1) is 0 Å². The third kappa shape index (κ3) is 4.26. The second-order valence-electron chi connectivity index (χ2n) is 3.41. The first kappa shape index (κ1) is 11.2. The smallest absolute Gasteiger partial charge is 0.236 e. The number of nitrogens with one attached hydrogen (secondary N) is 1. The van der Waals surface area contributed by atoms with Gasteiger partial charge in [0.05, 0.1) is 13.0 Å². The third-order valence-electron chi connectivity index (χ3n) is 1.91. The van der Waals surface area contributed by atoms with E-state index in [1.54, 1.807) is 0 Å². The van der Waals surface area contributed by atoms with Gasteiger partial charge in [-0.1, -0.05) is 29.8 Å². The van der Waals surface area contributed by atoms with Crippen LogP contribution in [0.4, 0.5) is 0 Å². The van der Waals surface area contributed by atoms with Crippen LogP contribution >= 0.6 is 0 Å². The lowest BCUT2D eigenvalue weighted by Crippen LogP contribution is -2.34. The third-order valence-corrected chi connectivity index (χ3v) is 1.91. The largest absolute Gasteiger partial charge is 0.368 e. The lowest BCUT2D eigenvalue weighted by atomic mass is 10.1. The summed E-state index contributed by atoms with van der Waals surface area (Å²) in [4.78, 5) is 21.7. The van der Waals surface area contributed by atoms with Gasteiger partial charge in [0.2, 0.25) is 11.8 Å². The molecule has 80 valence electrons. The molecule has 0 bridgehead atoms. The van der Waals surface area contributed by atoms with Crippen LogP contribution in [-0.2, 0) is 16.0 Å². The molecule has 0 saturated carbocycles. The van der Waals surface area contributed by atoms with E-state index in [0.717, 1.165) is 11.1 Å². The average molecular weight is 206 g/mol. The Bertz CT molecular complexity index is 375. The molecule has 0 aliphatic heterocycles. The van der Waals surface area contributed by atoms with E-state index in [0.29, 0.717) is 0 Å². The van der Waals surface area contributed by atoms with E-state index in [9.17, 15) is 9.59 Å². The van der Waals surface area contributed by atoms with Crippen molar-refractivity contribution in [3.63, 3.8) is 0 Å². The molecule has 0 atom stereocenters. The first-order valence-electron chi connectivity index (χ1n) is 4.68. The van der Waals surface area contributed by atoms with E-state index in [1.165, 1.54) is 0 Å². The molecule has 0 fully saturated rings. The molecule has 0 unspecified atom stereocenters. The second-order valence-corrected chi connectivity index (χ2v) is 3.41. The number of hydrogen-bond acceptors (Lipinski definition) is 2. The fourth-order valence-electron chi connectivity index (χ4n) is 1.26. The molecule has 15 heavy (non-hydrogen) atoms. The molecule has 0 aliphatic carbocycles. The fourth-order valence-corrected chi connectivity index (χ4v) is 1.26. The molecular formula is C11H14N2O2. The Hall–Kier alpha value is -1.84. The lowest BCUT2D eigenvalue weighted by molar-refractivity contribution is -0.124. The standard InChI is InChI=1S/C11H14N2O2/c1-8-3-2-4-9(5-8)6-11(15)13-7-10(12)14/h2-5H,6-7H2,1H3,(H2,12,14)(H,13,15). The van der Waals surface area contributed by atoms with Crippen molar-refractivity contribution in [2.75, 3.05) is 6.54 Å². The zero-order valence-corrected chi connectivity index (χ0v) is 8.62. The van der Waals surface area contributed by atoms with Crippen molar-refractivity contribution in [2.24, 2.45) is 5.73 Å². The van der Waals surface area contributed by atoms with Crippen molar-refractivity contribution in [1.29, 1.82) is 0 Å². The average Bonchev–Trinajstić information content (AvgIpc) is 2.15. The topological polar surface area (TPSA) is 72.2 Å². The second kappa shape index (κ2) is 5.14. The molecule has 4 heteroatoms. The minimum absolute atomic E-state index is 0.106. The molecule has 1 aromatic carbocycles. The molecule has 0 heterocycles. The number of primary amides is 1. The molecule has 1 rings (SSSR count). The number of benzene rings is 1. The van der Waals surface area contributed by atoms with Gasteiger partial charge in [-0.25, -0.2) is 0 Å². The summed E-state index contributed by atoms with van der Waals surface area (Å²) >= 11 is 0. The first-order chi connectivity index (χ1) is 7.08. The molecule has 3 N–H and O–H groups in total. The Balaban J connectivity index is 2.48. The monoisotopic (exact) mass is 206 g/mol. The van der Waals surface area contributed by atoms with Crippen molar-refractivity contribution >= 4 is 11.8 Å². The van der Waals surface area contributed by atoms with Crippen LogP contribution in [0, 0.1) is 6.92 Å². The van der Waals surface area contributed by atoms with E-state index in [-0.39, 0.29) is 18.9 Å². The van der Waals surface area contributed by atoms with Gasteiger partial charge in [0.25, 0.3) is 0 Å². The minimum atomic E-state index is -0.535. The lowest BCUT2D eigenvalue weighted by Gasteiger charge is -2.03. The Morgan fingerprint density at radius 3 is 2.73 bits per heavy atom. The highest BCUT2D eigenvalue weighted by molar-refractivity contribution is 5.84. The van der Waals surface area contributed by atoms with Crippen LogP contribution in [0.25, 0.3) is 0 Å². The zero-order valence-electron chi connectivity index (χ0n) is 8.62. The summed E-state index contributed by atoms with van der Waals surface area (Å²) in [5.41, 5.74) is 6.94. The van der Waals surface area contributed by atoms with Crippen molar-refractivity contribution < 1.29 is 9.59 Å². The number of nitrogens with two attached hydrogens (primary N) is 1. The van der Waals surface area contributed by atoms with Crippen LogP contribution in [0.2, 0.25) is 0 Å². The van der Waals surface area contributed by atoms with E-state index in [4.69, 9.17) is 5.73 Å². The highest BCUT2D eigenvalue weighted by Crippen LogP contribution is 2.04. The molecule has 0 radical (unpaired) electrons. The molecule has 4 nitrogen and oxygen atoms in total. The molecule has 0 aromatic heterocycles. The number of rotatable bonds is 4. The van der Waals surface area contributed by atoms with Crippen LogP contribution < -0.4 is 11.1 Å². The van der Waals surface area contributed by atoms with Crippen molar-refractivity contribution in [2.45, 2.75) is 13.3 Å². The van der Waals surface area contributed by atoms with Gasteiger partial charge in [0, 0.05) is 0 Å². The summed E-state index contributed by atoms with van der Waals surface area (Å²) in [6.07, 6.45) is 0.273. The predicted octanol–water partition coefficient (Wildman–Crippen LogP) is 0.139. The summed E-state index contributed by atoms with van der Waals surface area (Å²) in [5, 5.41) is 2.44. The van der Waals surface area contributed by atoms with Gasteiger partial charge >= 0.3 is 0 Å². The van der Waals surface area contributed by atoms with Gasteiger partial charge in [0.1, 0.15) is 0 Å². The number of amides is 2. The SMILES string of the molecule is Cc1cccc(CC(=O)NCC(N)=O)c1. The van der Waals surface area contributed by atoms with Crippen LogP contribution in [0.3, 0.4) is 0 Å². The Morgan fingerprint density at radius 2 is 2.13 bits per heavy atom. The van der Waals surface area contributed by atoms with Gasteiger partial charge in [0.15, 0.2) is 0 Å². The van der Waals surface area contributed by atoms with Crippen LogP contribution in [0.15, 0.2) is 24.3 Å². The molecular weight excluding hydrogens is 192 g/mol. The van der Waals surface area contributed by atoms with Crippen LogP contribution in [0.1, 0.15) is 11.1 Å². The highest BCUT2D eigenvalue weighted by Gasteiger charge is 2.03. The molecule has 0 aliphatic rings. The summed E-state index contributed by atoms with van der Waals surface area (Å²) in [7, 11) is 0. The van der Waals surface area contributed by atoms with Gasteiger partial charge in [-0.05, 0) is 12.5 Å². The maximum absolute atomic E-state index is 11.3. The van der Waals surface area contributed by atoms with Gasteiger partial charge < -0.3 is 11.1 Å². The molecule has 0 saturated heterocycles. The maximum Gasteiger partial charge on any atom is 0.236 e. The highest BCUT2D eigenvalue weighted by atomic mass is 16.2. The van der Waals surface area contributed by atoms with E-state index in [1.807, 2.05) is 31.2 Å². The normalized spacial score (nSPS) is 9.67. The van der Waals surface area contributed by atoms with Crippen molar-refractivity contribution in [3.05, 3.63) is 35.4 Å². The Kier molecular flexibility index (Phi) is 3.85. The maximum atomic E-state index is 11.3. The first-order valence-corrected chi connectivity index (χ1v) is 4.68. The van der Waals surface area contributed by atoms with E-state index in [2.05, 4.69) is 5.32 Å².